The number of aryl methyl sites for hydroxylation is 1. The third kappa shape index (κ3) is 1.79. The SMILES string of the molecule is Cn1nc(C(C)(C)O)c2ccc(Br)cc21. The van der Waals surface area contributed by atoms with Gasteiger partial charge in [0.2, 0.25) is 0 Å². The number of halogens is 1. The first-order chi connectivity index (χ1) is 6.89. The van der Waals surface area contributed by atoms with Gasteiger partial charge in [0.1, 0.15) is 11.3 Å². The second kappa shape index (κ2) is 3.32. The molecule has 3 nitrogen and oxygen atoms in total. The van der Waals surface area contributed by atoms with Crippen LogP contribution in [0.5, 0.6) is 0 Å². The molecule has 0 aliphatic heterocycles. The Labute approximate surface area is 96.8 Å². The summed E-state index contributed by atoms with van der Waals surface area (Å²) < 4.78 is 2.80. The van der Waals surface area contributed by atoms with E-state index in [0.29, 0.717) is 5.69 Å². The van der Waals surface area contributed by atoms with Crippen molar-refractivity contribution < 1.29 is 5.11 Å². The summed E-state index contributed by atoms with van der Waals surface area (Å²) in [5.41, 5.74) is 0.821. The standard InChI is InChI=1S/C11H13BrN2O/c1-11(2,15)10-8-5-4-7(12)6-9(8)14(3)13-10/h4-6,15H,1-3H3. The molecule has 2 aromatic rings. The van der Waals surface area contributed by atoms with E-state index in [2.05, 4.69) is 21.0 Å². The van der Waals surface area contributed by atoms with Crippen LogP contribution in [0.2, 0.25) is 0 Å². The molecule has 0 saturated heterocycles. The minimum absolute atomic E-state index is 0.715. The van der Waals surface area contributed by atoms with Crippen molar-refractivity contribution in [2.45, 2.75) is 19.4 Å². The number of nitrogens with zero attached hydrogens (tertiary/aromatic N) is 2. The van der Waals surface area contributed by atoms with Crippen LogP contribution in [-0.4, -0.2) is 14.9 Å². The molecule has 1 aromatic heterocycles. The van der Waals surface area contributed by atoms with E-state index in [0.717, 1.165) is 15.4 Å². The van der Waals surface area contributed by atoms with Crippen molar-refractivity contribution in [2.75, 3.05) is 0 Å². The fraction of sp³-hybridized carbons (Fsp3) is 0.364. The Morgan fingerprint density at radius 2 is 2.07 bits per heavy atom. The Bertz CT molecular complexity index is 511. The maximum absolute atomic E-state index is 9.98. The number of aliphatic hydroxyl groups is 1. The van der Waals surface area contributed by atoms with Gasteiger partial charge >= 0.3 is 0 Å². The van der Waals surface area contributed by atoms with Crippen molar-refractivity contribution in [1.29, 1.82) is 0 Å². The highest BCUT2D eigenvalue weighted by atomic mass is 79.9. The molecule has 1 aromatic carbocycles. The molecule has 0 fully saturated rings. The van der Waals surface area contributed by atoms with Gasteiger partial charge < -0.3 is 5.11 Å². The Hall–Kier alpha value is -0.870. The molecule has 0 atom stereocenters. The largest absolute Gasteiger partial charge is 0.384 e. The van der Waals surface area contributed by atoms with Crippen LogP contribution in [0.25, 0.3) is 10.9 Å². The van der Waals surface area contributed by atoms with Gasteiger partial charge in [0.15, 0.2) is 0 Å². The van der Waals surface area contributed by atoms with E-state index in [9.17, 15) is 5.11 Å². The Kier molecular flexibility index (Phi) is 2.35. The van der Waals surface area contributed by atoms with Gasteiger partial charge in [-0.1, -0.05) is 15.9 Å². The predicted octanol–water partition coefficient (Wildman–Crippen LogP) is 2.56. The lowest BCUT2D eigenvalue weighted by atomic mass is 10.0. The summed E-state index contributed by atoms with van der Waals surface area (Å²) >= 11 is 3.42. The van der Waals surface area contributed by atoms with Gasteiger partial charge in [-0.15, -0.1) is 0 Å². The molecule has 0 aliphatic rings. The zero-order valence-electron chi connectivity index (χ0n) is 8.95. The van der Waals surface area contributed by atoms with E-state index in [1.807, 2.05) is 25.2 Å². The summed E-state index contributed by atoms with van der Waals surface area (Å²) in [5.74, 6) is 0. The zero-order valence-corrected chi connectivity index (χ0v) is 10.5. The topological polar surface area (TPSA) is 38.0 Å². The highest BCUT2D eigenvalue weighted by Gasteiger charge is 2.23. The van der Waals surface area contributed by atoms with E-state index in [4.69, 9.17) is 0 Å². The van der Waals surface area contributed by atoms with Crippen LogP contribution >= 0.6 is 15.9 Å². The Balaban J connectivity index is 2.79. The molecule has 0 saturated carbocycles. The van der Waals surface area contributed by atoms with Crippen LogP contribution < -0.4 is 0 Å². The first kappa shape index (κ1) is 10.6. The highest BCUT2D eigenvalue weighted by molar-refractivity contribution is 9.10. The summed E-state index contributed by atoms with van der Waals surface area (Å²) in [6.45, 7) is 3.49. The van der Waals surface area contributed by atoms with Gasteiger partial charge in [0.05, 0.1) is 5.52 Å². The average Bonchev–Trinajstić information content (AvgIpc) is 2.43. The minimum atomic E-state index is -0.909. The van der Waals surface area contributed by atoms with Crippen LogP contribution in [0.15, 0.2) is 22.7 Å². The third-order valence-electron chi connectivity index (χ3n) is 2.39. The molecule has 1 N–H and O–H groups in total. The van der Waals surface area contributed by atoms with Crippen LogP contribution in [0.4, 0.5) is 0 Å². The maximum atomic E-state index is 9.98. The van der Waals surface area contributed by atoms with Crippen molar-refractivity contribution in [3.8, 4) is 0 Å². The highest BCUT2D eigenvalue weighted by Crippen LogP contribution is 2.28. The Morgan fingerprint density at radius 3 is 2.67 bits per heavy atom. The quantitative estimate of drug-likeness (QED) is 0.864. The van der Waals surface area contributed by atoms with E-state index >= 15 is 0 Å². The van der Waals surface area contributed by atoms with E-state index in [-0.39, 0.29) is 0 Å². The molecule has 1 heterocycles. The zero-order chi connectivity index (χ0) is 11.2. The predicted molar refractivity (Wildman–Crippen MR) is 63.7 cm³/mol. The lowest BCUT2D eigenvalue weighted by Crippen LogP contribution is -2.16. The molecule has 80 valence electrons. The molecular weight excluding hydrogens is 256 g/mol. The van der Waals surface area contributed by atoms with Crippen LogP contribution in [0.1, 0.15) is 19.5 Å². The number of hydrogen-bond acceptors (Lipinski definition) is 2. The molecule has 0 aliphatic carbocycles. The van der Waals surface area contributed by atoms with Crippen molar-refractivity contribution in [1.82, 2.24) is 9.78 Å². The van der Waals surface area contributed by atoms with Crippen molar-refractivity contribution in [2.24, 2.45) is 7.05 Å². The summed E-state index contributed by atoms with van der Waals surface area (Å²) in [5, 5.41) is 15.3. The molecule has 0 spiro atoms. The molecule has 2 rings (SSSR count). The van der Waals surface area contributed by atoms with Crippen molar-refractivity contribution >= 4 is 26.8 Å². The molecule has 4 heteroatoms. The van der Waals surface area contributed by atoms with Crippen molar-refractivity contribution in [3.05, 3.63) is 28.4 Å². The van der Waals surface area contributed by atoms with E-state index in [1.165, 1.54) is 0 Å². The number of aromatic nitrogens is 2. The Morgan fingerprint density at radius 1 is 1.40 bits per heavy atom. The second-order valence-corrected chi connectivity index (χ2v) is 5.11. The van der Waals surface area contributed by atoms with Crippen LogP contribution in [-0.2, 0) is 12.6 Å². The summed E-state index contributed by atoms with van der Waals surface area (Å²) in [6.07, 6.45) is 0. The second-order valence-electron chi connectivity index (χ2n) is 4.19. The lowest BCUT2D eigenvalue weighted by Gasteiger charge is -2.14. The molecule has 0 radical (unpaired) electrons. The molecule has 0 amide bonds. The van der Waals surface area contributed by atoms with E-state index in [1.54, 1.807) is 18.5 Å². The van der Waals surface area contributed by atoms with Gasteiger partial charge in [0.25, 0.3) is 0 Å². The summed E-state index contributed by atoms with van der Waals surface area (Å²) in [6, 6.07) is 5.93. The summed E-state index contributed by atoms with van der Waals surface area (Å²) in [4.78, 5) is 0. The van der Waals surface area contributed by atoms with Gasteiger partial charge in [-0.3, -0.25) is 4.68 Å². The average molecular weight is 269 g/mol. The fourth-order valence-electron chi connectivity index (χ4n) is 1.68. The van der Waals surface area contributed by atoms with Crippen molar-refractivity contribution in [3.63, 3.8) is 0 Å². The maximum Gasteiger partial charge on any atom is 0.103 e. The van der Waals surface area contributed by atoms with E-state index < -0.39 is 5.60 Å². The molecule has 15 heavy (non-hydrogen) atoms. The lowest BCUT2D eigenvalue weighted by molar-refractivity contribution is 0.0747. The normalized spacial score (nSPS) is 12.3. The van der Waals surface area contributed by atoms with Crippen LogP contribution in [0, 0.1) is 0 Å². The smallest absolute Gasteiger partial charge is 0.103 e. The number of benzene rings is 1. The van der Waals surface area contributed by atoms with Gasteiger partial charge in [0, 0.05) is 16.9 Å². The number of hydrogen-bond donors (Lipinski definition) is 1. The van der Waals surface area contributed by atoms with Gasteiger partial charge in [-0.2, -0.15) is 5.10 Å². The van der Waals surface area contributed by atoms with Crippen LogP contribution in [0.3, 0.4) is 0 Å². The molecule has 0 unspecified atom stereocenters. The van der Waals surface area contributed by atoms with Gasteiger partial charge in [-0.25, -0.2) is 0 Å². The number of fused-ring (bicyclic) bond motifs is 1. The monoisotopic (exact) mass is 268 g/mol. The van der Waals surface area contributed by atoms with Gasteiger partial charge in [-0.05, 0) is 32.0 Å². The minimum Gasteiger partial charge on any atom is -0.384 e. The number of rotatable bonds is 1. The third-order valence-corrected chi connectivity index (χ3v) is 2.89. The first-order valence-corrected chi connectivity index (χ1v) is 5.54. The summed E-state index contributed by atoms with van der Waals surface area (Å²) in [7, 11) is 1.88. The first-order valence-electron chi connectivity index (χ1n) is 4.75. The fourth-order valence-corrected chi connectivity index (χ4v) is 2.03. The molecular formula is C11H13BrN2O. The molecule has 0 bridgehead atoms.